The van der Waals surface area contributed by atoms with Gasteiger partial charge in [-0.2, -0.15) is 26.3 Å². The fourth-order valence-electron chi connectivity index (χ4n) is 3.45. The van der Waals surface area contributed by atoms with E-state index in [-0.39, 0.29) is 38.5 Å². The van der Waals surface area contributed by atoms with E-state index in [0.717, 1.165) is 30.3 Å². The second kappa shape index (κ2) is 12.6. The van der Waals surface area contributed by atoms with E-state index in [2.05, 4.69) is 10.6 Å². The summed E-state index contributed by atoms with van der Waals surface area (Å²) in [5.41, 5.74) is -2.73. The lowest BCUT2D eigenvalue weighted by Gasteiger charge is -2.19. The fraction of sp³-hybridized carbons (Fsp3) is 0.360. The van der Waals surface area contributed by atoms with Crippen molar-refractivity contribution in [2.75, 3.05) is 0 Å². The molecule has 38 heavy (non-hydrogen) atoms. The molecule has 4 nitrogen and oxygen atoms in total. The molecular weight excluding hydrogens is 581 g/mol. The SMILES string of the molecule is CC(C)CC(=O)N[C@@H](C)NC(=O)c1ccc(C=CC(c2cc(Cl)c(Cl)c(Cl)c2)C(F)(F)F)cc1C(F)(F)F. The van der Waals surface area contributed by atoms with Crippen molar-refractivity contribution < 1.29 is 35.9 Å². The van der Waals surface area contributed by atoms with Crippen LogP contribution in [0.1, 0.15) is 60.2 Å². The van der Waals surface area contributed by atoms with Crippen molar-refractivity contribution in [3.63, 3.8) is 0 Å². The van der Waals surface area contributed by atoms with Crippen LogP contribution in [0.4, 0.5) is 26.3 Å². The molecule has 0 saturated heterocycles. The number of hydrogen-bond acceptors (Lipinski definition) is 2. The van der Waals surface area contributed by atoms with Gasteiger partial charge in [0.15, 0.2) is 0 Å². The van der Waals surface area contributed by atoms with E-state index in [9.17, 15) is 35.9 Å². The Kier molecular flexibility index (Phi) is 10.6. The number of rotatable bonds is 8. The Morgan fingerprint density at radius 1 is 0.921 bits per heavy atom. The van der Waals surface area contributed by atoms with Crippen LogP contribution < -0.4 is 10.6 Å². The number of hydrogen-bond donors (Lipinski definition) is 2. The third kappa shape index (κ3) is 8.81. The molecule has 0 bridgehead atoms. The minimum atomic E-state index is -5.00. The molecule has 13 heteroatoms. The number of carbonyl (C=O) groups excluding carboxylic acids is 2. The lowest BCUT2D eigenvalue weighted by Crippen LogP contribution is -2.46. The van der Waals surface area contributed by atoms with E-state index in [0.29, 0.717) is 12.1 Å². The molecule has 2 N–H and O–H groups in total. The first kappa shape index (κ1) is 31.8. The Bertz CT molecular complexity index is 1190. The third-order valence-corrected chi connectivity index (χ3v) is 6.31. The molecule has 2 atom stereocenters. The maximum Gasteiger partial charge on any atom is 0.417 e. The van der Waals surface area contributed by atoms with Crippen molar-refractivity contribution in [3.8, 4) is 0 Å². The maximum absolute atomic E-state index is 13.8. The van der Waals surface area contributed by atoms with Gasteiger partial charge in [0, 0.05) is 6.42 Å². The summed E-state index contributed by atoms with van der Waals surface area (Å²) in [7, 11) is 0. The molecule has 0 aromatic heterocycles. The molecular formula is C25H23Cl3F6N2O2. The van der Waals surface area contributed by atoms with E-state index in [1.165, 1.54) is 6.92 Å². The zero-order valence-electron chi connectivity index (χ0n) is 20.2. The summed E-state index contributed by atoms with van der Waals surface area (Å²) in [6, 6.07) is 4.40. The van der Waals surface area contributed by atoms with Crippen LogP contribution in [0.15, 0.2) is 36.4 Å². The van der Waals surface area contributed by atoms with Crippen LogP contribution >= 0.6 is 34.8 Å². The highest BCUT2D eigenvalue weighted by atomic mass is 35.5. The highest BCUT2D eigenvalue weighted by molar-refractivity contribution is 6.48. The van der Waals surface area contributed by atoms with Crippen molar-refractivity contribution >= 4 is 52.7 Å². The topological polar surface area (TPSA) is 58.2 Å². The fourth-order valence-corrected chi connectivity index (χ4v) is 4.06. The molecule has 2 aromatic rings. The van der Waals surface area contributed by atoms with E-state index in [1.54, 1.807) is 13.8 Å². The molecule has 0 spiro atoms. The lowest BCUT2D eigenvalue weighted by molar-refractivity contribution is -0.139. The van der Waals surface area contributed by atoms with Gasteiger partial charge in [0.1, 0.15) is 0 Å². The molecule has 0 heterocycles. The van der Waals surface area contributed by atoms with Gasteiger partial charge < -0.3 is 10.6 Å². The zero-order valence-corrected chi connectivity index (χ0v) is 22.5. The zero-order chi connectivity index (χ0) is 29.0. The first-order valence-electron chi connectivity index (χ1n) is 11.1. The standard InChI is InChI=1S/C25H23Cl3F6N2O2/c1-12(2)8-21(37)35-13(3)36-23(38)16-6-4-14(9-18(16)25(32,33)34)5-7-17(24(29,30)31)15-10-19(26)22(28)20(27)11-15/h4-7,9-13,17H,8H2,1-3H3,(H,35,37)(H,36,38)/t13-,17?/m1/s1. The average Bonchev–Trinajstić information content (AvgIpc) is 2.75. The predicted molar refractivity (Wildman–Crippen MR) is 135 cm³/mol. The van der Waals surface area contributed by atoms with Crippen LogP contribution in [-0.2, 0) is 11.0 Å². The van der Waals surface area contributed by atoms with Gasteiger partial charge in [0.05, 0.1) is 38.3 Å². The van der Waals surface area contributed by atoms with E-state index < -0.39 is 47.4 Å². The number of nitrogens with one attached hydrogen (secondary N) is 2. The quantitative estimate of drug-likeness (QED) is 0.181. The smallest absolute Gasteiger partial charge is 0.336 e. The molecule has 0 aliphatic heterocycles. The van der Waals surface area contributed by atoms with Crippen LogP contribution in [0.5, 0.6) is 0 Å². The number of allylic oxidation sites excluding steroid dienone is 1. The van der Waals surface area contributed by atoms with E-state index in [4.69, 9.17) is 34.8 Å². The van der Waals surface area contributed by atoms with Crippen LogP contribution in [0, 0.1) is 5.92 Å². The monoisotopic (exact) mass is 602 g/mol. The summed E-state index contributed by atoms with van der Waals surface area (Å²) in [6.07, 6.45) is -9.15. The number of alkyl halides is 6. The van der Waals surface area contributed by atoms with Gasteiger partial charge in [-0.1, -0.05) is 66.9 Å². The summed E-state index contributed by atoms with van der Waals surface area (Å²) >= 11 is 17.5. The molecule has 2 amide bonds. The average molecular weight is 604 g/mol. The summed E-state index contributed by atoms with van der Waals surface area (Å²) in [5, 5.41) is 4.14. The Morgan fingerprint density at radius 2 is 1.50 bits per heavy atom. The van der Waals surface area contributed by atoms with Gasteiger partial charge in [0.25, 0.3) is 5.91 Å². The molecule has 0 aliphatic rings. The first-order valence-corrected chi connectivity index (χ1v) is 12.2. The molecule has 0 fully saturated rings. The highest BCUT2D eigenvalue weighted by Crippen LogP contribution is 2.41. The summed E-state index contributed by atoms with van der Waals surface area (Å²) < 4.78 is 82.6. The number of amides is 2. The Balaban J connectivity index is 2.37. The minimum Gasteiger partial charge on any atom is -0.336 e. The van der Waals surface area contributed by atoms with Gasteiger partial charge >= 0.3 is 12.4 Å². The van der Waals surface area contributed by atoms with Crippen LogP contribution in [0.3, 0.4) is 0 Å². The van der Waals surface area contributed by atoms with Gasteiger partial charge in [-0.05, 0) is 48.2 Å². The minimum absolute atomic E-state index is 0.0286. The van der Waals surface area contributed by atoms with Crippen molar-refractivity contribution in [1.29, 1.82) is 0 Å². The van der Waals surface area contributed by atoms with Crippen molar-refractivity contribution in [3.05, 3.63) is 73.7 Å². The molecule has 0 radical (unpaired) electrons. The Hall–Kier alpha value is -2.43. The Labute approximate surface area is 230 Å². The van der Waals surface area contributed by atoms with Crippen LogP contribution in [0.25, 0.3) is 6.08 Å². The predicted octanol–water partition coefficient (Wildman–Crippen LogP) is 8.26. The maximum atomic E-state index is 13.8. The second-order valence-electron chi connectivity index (χ2n) is 8.84. The number of benzene rings is 2. The molecule has 1 unspecified atom stereocenters. The van der Waals surface area contributed by atoms with E-state index >= 15 is 0 Å². The van der Waals surface area contributed by atoms with Gasteiger partial charge in [-0.25, -0.2) is 0 Å². The van der Waals surface area contributed by atoms with Gasteiger partial charge in [0.2, 0.25) is 5.91 Å². The van der Waals surface area contributed by atoms with Crippen LogP contribution in [0.2, 0.25) is 15.1 Å². The van der Waals surface area contributed by atoms with Gasteiger partial charge in [-0.15, -0.1) is 0 Å². The largest absolute Gasteiger partial charge is 0.417 e. The summed E-state index contributed by atoms with van der Waals surface area (Å²) in [5.74, 6) is -3.75. The van der Waals surface area contributed by atoms with Crippen LogP contribution in [-0.4, -0.2) is 24.2 Å². The molecule has 208 valence electrons. The van der Waals surface area contributed by atoms with E-state index in [1.807, 2.05) is 0 Å². The molecule has 0 aliphatic carbocycles. The molecule has 2 aromatic carbocycles. The second-order valence-corrected chi connectivity index (χ2v) is 10.0. The summed E-state index contributed by atoms with van der Waals surface area (Å²) in [4.78, 5) is 24.4. The molecule has 2 rings (SSSR count). The summed E-state index contributed by atoms with van der Waals surface area (Å²) in [6.45, 7) is 4.98. The number of halogens is 9. The molecule has 0 saturated carbocycles. The lowest BCUT2D eigenvalue weighted by atomic mass is 9.96. The Morgan fingerprint density at radius 3 is 2.00 bits per heavy atom. The third-order valence-electron chi connectivity index (χ3n) is 5.11. The highest BCUT2D eigenvalue weighted by Gasteiger charge is 2.40. The van der Waals surface area contributed by atoms with Crippen molar-refractivity contribution in [2.24, 2.45) is 5.92 Å². The normalized spacial score (nSPS) is 14.0. The van der Waals surface area contributed by atoms with Gasteiger partial charge in [-0.3, -0.25) is 9.59 Å². The first-order chi connectivity index (χ1) is 17.4. The van der Waals surface area contributed by atoms with Crippen molar-refractivity contribution in [2.45, 2.75) is 51.6 Å². The van der Waals surface area contributed by atoms with Crippen molar-refractivity contribution in [1.82, 2.24) is 10.6 Å². The number of carbonyl (C=O) groups is 2.